The highest BCUT2D eigenvalue weighted by molar-refractivity contribution is 7.54. The van der Waals surface area contributed by atoms with E-state index >= 15 is 0 Å². The van der Waals surface area contributed by atoms with Crippen LogP contribution in [-0.2, 0) is 13.6 Å². The molecule has 0 aromatic rings. The average molecular weight is 344 g/mol. The molecule has 1 atom stereocenters. The van der Waals surface area contributed by atoms with Crippen LogP contribution < -0.4 is 5.32 Å². The molecule has 1 unspecified atom stereocenters. The molecule has 0 bridgehead atoms. The van der Waals surface area contributed by atoms with Gasteiger partial charge in [-0.05, 0) is 20.3 Å². The largest absolute Gasteiger partial charge is 0.355 e. The maximum atomic E-state index is 12.8. The smallest absolute Gasteiger partial charge is 0.335 e. The topological polar surface area (TPSA) is 97.3 Å². The van der Waals surface area contributed by atoms with Gasteiger partial charge in [0.05, 0.1) is 18.5 Å². The molecule has 0 aromatic heterocycles. The van der Waals surface area contributed by atoms with Gasteiger partial charge in [-0.25, -0.2) is 4.79 Å². The highest BCUT2D eigenvalue weighted by atomic mass is 35.5. The van der Waals surface area contributed by atoms with Crippen LogP contribution in [0.3, 0.4) is 0 Å². The highest BCUT2D eigenvalue weighted by Gasteiger charge is 2.42. The number of amides is 2. The lowest BCUT2D eigenvalue weighted by atomic mass is 10.3. The number of alkyl halides is 1. The molecule has 124 valence electrons. The first-order valence-electron chi connectivity index (χ1n) is 6.85. The maximum Gasteiger partial charge on any atom is 0.355 e. The number of nitrogens with one attached hydrogen (secondary N) is 1. The fourth-order valence-corrected chi connectivity index (χ4v) is 3.93. The Bertz CT molecular complexity index is 362. The van der Waals surface area contributed by atoms with Crippen LogP contribution in [0.5, 0.6) is 0 Å². The molecule has 0 saturated heterocycles. The summed E-state index contributed by atoms with van der Waals surface area (Å²) in [7, 11) is -3.67. The van der Waals surface area contributed by atoms with E-state index in [-0.39, 0.29) is 32.1 Å². The molecular weight excluding hydrogens is 321 g/mol. The van der Waals surface area contributed by atoms with E-state index in [4.69, 9.17) is 20.6 Å². The first-order chi connectivity index (χ1) is 10.0. The van der Waals surface area contributed by atoms with Crippen LogP contribution in [0.15, 0.2) is 5.29 Å². The second kappa shape index (κ2) is 11.0. The van der Waals surface area contributed by atoms with Crippen LogP contribution in [0.4, 0.5) is 4.79 Å². The molecule has 2 amide bonds. The minimum atomic E-state index is -3.67. The molecule has 0 rings (SSSR count). The molecule has 0 aliphatic heterocycles. The van der Waals surface area contributed by atoms with Crippen LogP contribution in [0, 0.1) is 4.91 Å². The monoisotopic (exact) mass is 343 g/mol. The standard InChI is InChI=1S/C11H23ClN3O5P/c1-4-7-10(21(18,19-5-2)20-6-3)15(14-17)11(16)13-9-8-12/h10H,4-9H2,1-3H3,(H,13,16). The predicted molar refractivity (Wildman–Crippen MR) is 81.3 cm³/mol. The van der Waals surface area contributed by atoms with Crippen molar-refractivity contribution in [2.45, 2.75) is 39.4 Å². The summed E-state index contributed by atoms with van der Waals surface area (Å²) < 4.78 is 23.2. The van der Waals surface area contributed by atoms with Crippen molar-refractivity contribution in [2.24, 2.45) is 5.29 Å². The van der Waals surface area contributed by atoms with Crippen molar-refractivity contribution in [1.29, 1.82) is 0 Å². The molecule has 0 saturated carbocycles. The van der Waals surface area contributed by atoms with Crippen molar-refractivity contribution in [2.75, 3.05) is 25.6 Å². The molecule has 1 N–H and O–H groups in total. The number of urea groups is 1. The van der Waals surface area contributed by atoms with Gasteiger partial charge in [0.1, 0.15) is 0 Å². The number of hydrogen-bond acceptors (Lipinski definition) is 6. The van der Waals surface area contributed by atoms with Gasteiger partial charge in [0.2, 0.25) is 0 Å². The molecule has 0 aliphatic carbocycles. The first-order valence-corrected chi connectivity index (χ1v) is 9.00. The van der Waals surface area contributed by atoms with Crippen molar-refractivity contribution in [3.8, 4) is 0 Å². The molecular formula is C11H23ClN3O5P. The SMILES string of the molecule is CCCC(N(N=O)C(=O)NCCCl)P(=O)(OCC)OCC. The number of carbonyl (C=O) groups is 1. The lowest BCUT2D eigenvalue weighted by Crippen LogP contribution is -2.43. The van der Waals surface area contributed by atoms with Crippen LogP contribution >= 0.6 is 19.2 Å². The Labute approximate surface area is 130 Å². The van der Waals surface area contributed by atoms with Crippen LogP contribution in [0.2, 0.25) is 0 Å². The zero-order chi connectivity index (χ0) is 16.3. The number of rotatable bonds is 11. The van der Waals surface area contributed by atoms with Crippen LogP contribution in [0.1, 0.15) is 33.6 Å². The Morgan fingerprint density at radius 2 is 1.90 bits per heavy atom. The number of nitroso groups, excluding NO2 is 1. The Morgan fingerprint density at radius 3 is 2.29 bits per heavy atom. The van der Waals surface area contributed by atoms with E-state index in [1.54, 1.807) is 13.8 Å². The number of hydrogen-bond donors (Lipinski definition) is 1. The van der Waals surface area contributed by atoms with Gasteiger partial charge in [-0.2, -0.15) is 5.01 Å². The fourth-order valence-electron chi connectivity index (χ4n) is 1.70. The Hall–Kier alpha value is -0.690. The van der Waals surface area contributed by atoms with Gasteiger partial charge in [0.25, 0.3) is 0 Å². The normalized spacial score (nSPS) is 12.8. The average Bonchev–Trinajstić information content (AvgIpc) is 2.45. The summed E-state index contributed by atoms with van der Waals surface area (Å²) in [5.41, 5.74) is 0. The first kappa shape index (κ1) is 20.3. The molecule has 0 radical (unpaired) electrons. The second-order valence-electron chi connectivity index (χ2n) is 3.99. The lowest BCUT2D eigenvalue weighted by Gasteiger charge is -2.30. The molecule has 0 heterocycles. The van der Waals surface area contributed by atoms with Gasteiger partial charge in [-0.3, -0.25) is 4.57 Å². The molecule has 0 spiro atoms. The summed E-state index contributed by atoms with van der Waals surface area (Å²) in [5, 5.41) is 5.68. The molecule has 0 fully saturated rings. The minimum Gasteiger partial charge on any atom is -0.335 e. The maximum absolute atomic E-state index is 12.8. The summed E-state index contributed by atoms with van der Waals surface area (Å²) in [6, 6.07) is -0.774. The second-order valence-corrected chi connectivity index (χ2v) is 6.56. The van der Waals surface area contributed by atoms with Crippen molar-refractivity contribution < 1.29 is 18.4 Å². The van der Waals surface area contributed by atoms with Gasteiger partial charge in [0.15, 0.2) is 5.78 Å². The van der Waals surface area contributed by atoms with Gasteiger partial charge in [-0.15, -0.1) is 16.5 Å². The van der Waals surface area contributed by atoms with E-state index in [0.717, 1.165) is 0 Å². The minimum absolute atomic E-state index is 0.132. The van der Waals surface area contributed by atoms with E-state index in [1.807, 2.05) is 6.92 Å². The molecule has 10 heteroatoms. The van der Waals surface area contributed by atoms with Crippen molar-refractivity contribution in [3.05, 3.63) is 4.91 Å². The van der Waals surface area contributed by atoms with Crippen molar-refractivity contribution >= 4 is 25.2 Å². The van der Waals surface area contributed by atoms with E-state index in [0.29, 0.717) is 11.4 Å². The highest BCUT2D eigenvalue weighted by Crippen LogP contribution is 2.55. The fraction of sp³-hybridized carbons (Fsp3) is 0.909. The van der Waals surface area contributed by atoms with Crippen molar-refractivity contribution in [1.82, 2.24) is 10.3 Å². The quantitative estimate of drug-likeness (QED) is 0.268. The Morgan fingerprint density at radius 1 is 1.33 bits per heavy atom. The van der Waals surface area contributed by atoms with Crippen LogP contribution in [-0.4, -0.2) is 42.5 Å². The number of halogens is 1. The summed E-state index contributed by atoms with van der Waals surface area (Å²) in [5.74, 6) is -0.874. The number of nitrogens with zero attached hydrogens (tertiary/aromatic N) is 2. The number of carbonyl (C=O) groups excluding carboxylic acids is 1. The molecule has 21 heavy (non-hydrogen) atoms. The summed E-state index contributed by atoms with van der Waals surface area (Å²) in [6.45, 7) is 5.57. The Balaban J connectivity index is 5.33. The van der Waals surface area contributed by atoms with E-state index in [1.165, 1.54) is 0 Å². The van der Waals surface area contributed by atoms with Gasteiger partial charge < -0.3 is 14.4 Å². The van der Waals surface area contributed by atoms with Crippen LogP contribution in [0.25, 0.3) is 0 Å². The summed E-state index contributed by atoms with van der Waals surface area (Å²) in [6.07, 6.45) is 0.834. The molecule has 8 nitrogen and oxygen atoms in total. The third kappa shape index (κ3) is 6.30. The lowest BCUT2D eigenvalue weighted by molar-refractivity contribution is 0.157. The molecule has 0 aromatic carbocycles. The van der Waals surface area contributed by atoms with E-state index in [2.05, 4.69) is 10.6 Å². The van der Waals surface area contributed by atoms with E-state index < -0.39 is 19.4 Å². The Kier molecular flexibility index (Phi) is 10.6. The third-order valence-electron chi connectivity index (χ3n) is 2.48. The predicted octanol–water partition coefficient (Wildman–Crippen LogP) is 3.31. The van der Waals surface area contributed by atoms with Gasteiger partial charge in [0, 0.05) is 12.4 Å². The van der Waals surface area contributed by atoms with Gasteiger partial charge in [-0.1, -0.05) is 13.3 Å². The zero-order valence-electron chi connectivity index (χ0n) is 12.6. The van der Waals surface area contributed by atoms with Gasteiger partial charge >= 0.3 is 13.6 Å². The van der Waals surface area contributed by atoms with Crippen molar-refractivity contribution in [3.63, 3.8) is 0 Å². The van der Waals surface area contributed by atoms with E-state index in [9.17, 15) is 14.3 Å². The molecule has 0 aliphatic rings. The zero-order valence-corrected chi connectivity index (χ0v) is 14.2. The third-order valence-corrected chi connectivity index (χ3v) is 5.11. The summed E-state index contributed by atoms with van der Waals surface area (Å²) >= 11 is 5.48. The summed E-state index contributed by atoms with van der Waals surface area (Å²) in [4.78, 5) is 23.0.